The lowest BCUT2D eigenvalue weighted by Gasteiger charge is -2.33. The Morgan fingerprint density at radius 2 is 1.77 bits per heavy atom. The van der Waals surface area contributed by atoms with E-state index in [4.69, 9.17) is 0 Å². The number of likely N-dealkylation sites (tertiary alicyclic amines) is 1. The molecule has 1 amide bonds. The van der Waals surface area contributed by atoms with E-state index < -0.39 is 5.41 Å². The number of piperidine rings is 1. The highest BCUT2D eigenvalue weighted by Crippen LogP contribution is 2.39. The fourth-order valence-electron chi connectivity index (χ4n) is 3.58. The molecule has 0 spiro atoms. The molecule has 1 aliphatic carbocycles. The predicted octanol–water partition coefficient (Wildman–Crippen LogP) is 3.78. The molecule has 0 radical (unpaired) electrons. The zero-order valence-corrected chi connectivity index (χ0v) is 12.9. The van der Waals surface area contributed by atoms with Crippen LogP contribution in [0.25, 0.3) is 6.08 Å². The van der Waals surface area contributed by atoms with Crippen LogP contribution >= 0.6 is 0 Å². The summed E-state index contributed by atoms with van der Waals surface area (Å²) in [6.45, 7) is 1.50. The lowest BCUT2D eigenvalue weighted by Crippen LogP contribution is -2.44. The third kappa shape index (κ3) is 2.92. The Labute approximate surface area is 132 Å². The van der Waals surface area contributed by atoms with Gasteiger partial charge in [0.15, 0.2) is 0 Å². The Hall–Kier alpha value is -2.08. The maximum absolute atomic E-state index is 12.7. The molecular weight excluding hydrogens is 272 g/mol. The zero-order chi connectivity index (χ0) is 15.4. The summed E-state index contributed by atoms with van der Waals surface area (Å²) in [7, 11) is 0. The Morgan fingerprint density at radius 1 is 1.14 bits per heavy atom. The summed E-state index contributed by atoms with van der Waals surface area (Å²) >= 11 is 0. The van der Waals surface area contributed by atoms with E-state index in [0.717, 1.165) is 51.6 Å². The highest BCUT2D eigenvalue weighted by atomic mass is 16.2. The van der Waals surface area contributed by atoms with Gasteiger partial charge in [-0.15, -0.1) is 0 Å². The molecule has 0 aromatic heterocycles. The second-order valence-corrected chi connectivity index (χ2v) is 6.41. The van der Waals surface area contributed by atoms with Crippen LogP contribution in [0.3, 0.4) is 0 Å². The first-order chi connectivity index (χ1) is 10.7. The Balaban J connectivity index is 1.63. The maximum Gasteiger partial charge on any atom is 0.243 e. The fraction of sp³-hybridized carbons (Fsp3) is 0.474. The van der Waals surface area contributed by atoms with Crippen molar-refractivity contribution in [3.63, 3.8) is 0 Å². The number of hydrogen-bond donors (Lipinski definition) is 0. The highest BCUT2D eigenvalue weighted by molar-refractivity contribution is 5.86. The summed E-state index contributed by atoms with van der Waals surface area (Å²) in [6.07, 6.45) is 7.57. The van der Waals surface area contributed by atoms with Crippen molar-refractivity contribution in [1.29, 1.82) is 5.26 Å². The Kier molecular flexibility index (Phi) is 4.29. The Morgan fingerprint density at radius 3 is 2.36 bits per heavy atom. The third-order valence-corrected chi connectivity index (χ3v) is 4.94. The van der Waals surface area contributed by atoms with Crippen LogP contribution in [0.5, 0.6) is 0 Å². The van der Waals surface area contributed by atoms with Crippen LogP contribution in [-0.2, 0) is 4.79 Å². The highest BCUT2D eigenvalue weighted by Gasteiger charge is 2.44. The SMILES string of the molecule is N#CC1(C(=O)N2CCC(=Cc3ccccc3)CC2)CCCC1. The first-order valence-electron chi connectivity index (χ1n) is 8.19. The van der Waals surface area contributed by atoms with Crippen molar-refractivity contribution in [3.8, 4) is 6.07 Å². The zero-order valence-electron chi connectivity index (χ0n) is 12.9. The van der Waals surface area contributed by atoms with Crippen LogP contribution in [-0.4, -0.2) is 23.9 Å². The van der Waals surface area contributed by atoms with Gasteiger partial charge in [0.05, 0.1) is 6.07 Å². The summed E-state index contributed by atoms with van der Waals surface area (Å²) in [6, 6.07) is 12.6. The van der Waals surface area contributed by atoms with E-state index in [1.807, 2.05) is 23.1 Å². The van der Waals surface area contributed by atoms with Gasteiger partial charge in [0.2, 0.25) is 5.91 Å². The normalized spacial score (nSPS) is 20.5. The third-order valence-electron chi connectivity index (χ3n) is 4.94. The van der Waals surface area contributed by atoms with Gasteiger partial charge in [-0.2, -0.15) is 5.26 Å². The minimum absolute atomic E-state index is 0.0752. The molecule has 3 rings (SSSR count). The van der Waals surface area contributed by atoms with Crippen molar-refractivity contribution in [1.82, 2.24) is 4.90 Å². The van der Waals surface area contributed by atoms with E-state index in [9.17, 15) is 10.1 Å². The summed E-state index contributed by atoms with van der Waals surface area (Å²) in [5.41, 5.74) is 1.90. The van der Waals surface area contributed by atoms with E-state index in [1.165, 1.54) is 11.1 Å². The van der Waals surface area contributed by atoms with Gasteiger partial charge in [0.25, 0.3) is 0 Å². The number of carbonyl (C=O) groups excluding carboxylic acids is 1. The molecule has 0 atom stereocenters. The number of hydrogen-bond acceptors (Lipinski definition) is 2. The fourth-order valence-corrected chi connectivity index (χ4v) is 3.58. The molecule has 1 heterocycles. The van der Waals surface area contributed by atoms with Crippen molar-refractivity contribution < 1.29 is 4.79 Å². The van der Waals surface area contributed by atoms with Crippen molar-refractivity contribution >= 4 is 12.0 Å². The molecule has 3 heteroatoms. The first-order valence-corrected chi connectivity index (χ1v) is 8.19. The van der Waals surface area contributed by atoms with Gasteiger partial charge < -0.3 is 4.90 Å². The lowest BCUT2D eigenvalue weighted by molar-refractivity contribution is -0.139. The van der Waals surface area contributed by atoms with Gasteiger partial charge in [-0.25, -0.2) is 0 Å². The number of benzene rings is 1. The number of rotatable bonds is 2. The van der Waals surface area contributed by atoms with Crippen molar-refractivity contribution in [3.05, 3.63) is 41.5 Å². The van der Waals surface area contributed by atoms with E-state index >= 15 is 0 Å². The molecule has 3 nitrogen and oxygen atoms in total. The molecule has 22 heavy (non-hydrogen) atoms. The quantitative estimate of drug-likeness (QED) is 0.833. The van der Waals surface area contributed by atoms with Crippen LogP contribution in [0, 0.1) is 16.7 Å². The van der Waals surface area contributed by atoms with Gasteiger partial charge in [0.1, 0.15) is 5.41 Å². The predicted molar refractivity (Wildman–Crippen MR) is 86.7 cm³/mol. The molecular formula is C19H22N2O. The van der Waals surface area contributed by atoms with Crippen LogP contribution < -0.4 is 0 Å². The molecule has 2 aliphatic rings. The molecule has 2 fully saturated rings. The van der Waals surface area contributed by atoms with Gasteiger partial charge in [-0.1, -0.05) is 54.8 Å². The molecule has 114 valence electrons. The minimum Gasteiger partial charge on any atom is -0.341 e. The van der Waals surface area contributed by atoms with Gasteiger partial charge in [-0.3, -0.25) is 4.79 Å². The van der Waals surface area contributed by atoms with Crippen LogP contribution in [0.15, 0.2) is 35.9 Å². The molecule has 0 bridgehead atoms. The molecule has 1 aromatic rings. The summed E-state index contributed by atoms with van der Waals surface area (Å²) in [5, 5.41) is 9.46. The monoisotopic (exact) mass is 294 g/mol. The van der Waals surface area contributed by atoms with Crippen molar-refractivity contribution in [2.45, 2.75) is 38.5 Å². The van der Waals surface area contributed by atoms with Crippen LogP contribution in [0.1, 0.15) is 44.1 Å². The van der Waals surface area contributed by atoms with Gasteiger partial charge >= 0.3 is 0 Å². The Bertz CT molecular complexity index is 596. The number of carbonyl (C=O) groups is 1. The summed E-state index contributed by atoms with van der Waals surface area (Å²) in [5.74, 6) is 0.0752. The smallest absolute Gasteiger partial charge is 0.243 e. The van der Waals surface area contributed by atoms with E-state index in [0.29, 0.717) is 0 Å². The average Bonchev–Trinajstić information content (AvgIpc) is 3.06. The van der Waals surface area contributed by atoms with Crippen LogP contribution in [0.4, 0.5) is 0 Å². The lowest BCUT2D eigenvalue weighted by atomic mass is 9.85. The topological polar surface area (TPSA) is 44.1 Å². The van der Waals surface area contributed by atoms with Gasteiger partial charge in [-0.05, 0) is 31.2 Å². The van der Waals surface area contributed by atoms with Crippen molar-refractivity contribution in [2.24, 2.45) is 5.41 Å². The largest absolute Gasteiger partial charge is 0.341 e. The standard InChI is InChI=1S/C19H22N2O/c20-15-19(10-4-5-11-19)18(22)21-12-8-17(9-13-21)14-16-6-2-1-3-7-16/h1-3,6-7,14H,4-5,8-13H2. The summed E-state index contributed by atoms with van der Waals surface area (Å²) < 4.78 is 0. The van der Waals surface area contributed by atoms with Crippen LogP contribution in [0.2, 0.25) is 0 Å². The second kappa shape index (κ2) is 6.36. The number of nitrogens with zero attached hydrogens (tertiary/aromatic N) is 2. The molecule has 1 saturated carbocycles. The van der Waals surface area contributed by atoms with E-state index in [2.05, 4.69) is 24.3 Å². The molecule has 0 N–H and O–H groups in total. The average molecular weight is 294 g/mol. The molecule has 0 unspecified atom stereocenters. The molecule has 1 aliphatic heterocycles. The van der Waals surface area contributed by atoms with Crippen molar-refractivity contribution in [2.75, 3.05) is 13.1 Å². The molecule has 1 aromatic carbocycles. The van der Waals surface area contributed by atoms with E-state index in [1.54, 1.807) is 0 Å². The maximum atomic E-state index is 12.7. The van der Waals surface area contributed by atoms with E-state index in [-0.39, 0.29) is 5.91 Å². The minimum atomic E-state index is -0.722. The molecule has 1 saturated heterocycles. The summed E-state index contributed by atoms with van der Waals surface area (Å²) in [4.78, 5) is 14.6. The van der Waals surface area contributed by atoms with Gasteiger partial charge in [0, 0.05) is 13.1 Å². The number of nitriles is 1. The number of amides is 1. The second-order valence-electron chi connectivity index (χ2n) is 6.41. The first kappa shape index (κ1) is 14.8.